The summed E-state index contributed by atoms with van der Waals surface area (Å²) in [7, 11) is 6.45. The maximum Gasteiger partial charge on any atom is 0.316 e. The van der Waals surface area contributed by atoms with Gasteiger partial charge in [0.2, 0.25) is 0 Å². The molecule has 1 N–H and O–H groups in total. The Labute approximate surface area is 251 Å². The Morgan fingerprint density at radius 2 is 1.43 bits per heavy atom. The zero-order chi connectivity index (χ0) is 29.5. The van der Waals surface area contributed by atoms with Gasteiger partial charge in [-0.05, 0) is 101 Å². The zero-order valence-electron chi connectivity index (χ0n) is 25.5. The molecule has 42 heavy (non-hydrogen) atoms. The molecule has 6 nitrogen and oxygen atoms in total. The number of hydrogen-bond donors (Lipinski definition) is 1. The summed E-state index contributed by atoms with van der Waals surface area (Å²) in [4.78, 5) is 19.6. The van der Waals surface area contributed by atoms with E-state index in [0.29, 0.717) is 12.1 Å². The lowest BCUT2D eigenvalue weighted by Gasteiger charge is -2.36. The largest absolute Gasteiger partial charge is 0.462 e. The van der Waals surface area contributed by atoms with E-state index in [-0.39, 0.29) is 18.7 Å². The third-order valence-electron chi connectivity index (χ3n) is 9.22. The molecular weight excluding hydrogens is 522 g/mol. The van der Waals surface area contributed by atoms with Crippen molar-refractivity contribution in [2.75, 3.05) is 45.7 Å². The number of carbonyl (C=O) groups excluding carboxylic acids is 1. The summed E-state index contributed by atoms with van der Waals surface area (Å²) >= 11 is 0. The Morgan fingerprint density at radius 1 is 0.881 bits per heavy atom. The van der Waals surface area contributed by atoms with Crippen molar-refractivity contribution in [1.29, 1.82) is 0 Å². The third-order valence-corrected chi connectivity index (χ3v) is 9.22. The second-order valence-electron chi connectivity index (χ2n) is 12.3. The van der Waals surface area contributed by atoms with Gasteiger partial charge in [-0.1, -0.05) is 66.7 Å². The van der Waals surface area contributed by atoms with Crippen molar-refractivity contribution in [3.8, 4) is 0 Å². The molecule has 0 saturated carbocycles. The van der Waals surface area contributed by atoms with E-state index in [4.69, 9.17) is 4.74 Å². The standard InChI is InChI=1S/C19H24N2.C17H23NO3/c1-20(2)14-7-15-21-18-10-5-3-8-16(18)12-13-17-9-4-6-11-19(17)21;1-18-13-7-8-14(18)10-15(9-13)21-17(20)16(11-19)12-5-3-2-4-6-12/h3-6,8-11H,7,12-15H2,1-2H3;2-6,13-16,19H,7-11H2,1H3/t;13-,14+,15?,16-/m.1/s1. The van der Waals surface area contributed by atoms with E-state index >= 15 is 0 Å². The van der Waals surface area contributed by atoms with Crippen LogP contribution in [-0.2, 0) is 22.4 Å². The second kappa shape index (κ2) is 14.3. The highest BCUT2D eigenvalue weighted by atomic mass is 16.5. The number of rotatable bonds is 8. The fourth-order valence-corrected chi connectivity index (χ4v) is 6.86. The fourth-order valence-electron chi connectivity index (χ4n) is 6.86. The van der Waals surface area contributed by atoms with Crippen LogP contribution in [0.3, 0.4) is 0 Å². The van der Waals surface area contributed by atoms with Gasteiger partial charge in [-0.15, -0.1) is 0 Å². The lowest BCUT2D eigenvalue weighted by atomic mass is 9.98. The first-order valence-electron chi connectivity index (χ1n) is 15.6. The molecule has 3 aliphatic heterocycles. The van der Waals surface area contributed by atoms with E-state index in [9.17, 15) is 9.90 Å². The number of piperidine rings is 1. The number of ether oxygens (including phenoxy) is 1. The minimum Gasteiger partial charge on any atom is -0.462 e. The Hall–Kier alpha value is -3.19. The predicted molar refractivity (Wildman–Crippen MR) is 170 cm³/mol. The van der Waals surface area contributed by atoms with Crippen LogP contribution in [0.2, 0.25) is 0 Å². The lowest BCUT2D eigenvalue weighted by molar-refractivity contribution is -0.155. The molecule has 2 bridgehead atoms. The van der Waals surface area contributed by atoms with Crippen LogP contribution in [0.1, 0.15) is 54.7 Å². The number of anilines is 2. The van der Waals surface area contributed by atoms with Crippen LogP contribution in [0, 0.1) is 0 Å². The van der Waals surface area contributed by atoms with E-state index in [1.165, 1.54) is 41.8 Å². The number of nitrogens with zero attached hydrogens (tertiary/aromatic N) is 3. The van der Waals surface area contributed by atoms with E-state index in [1.807, 2.05) is 30.3 Å². The van der Waals surface area contributed by atoms with Crippen LogP contribution in [-0.4, -0.2) is 79.9 Å². The number of carbonyl (C=O) groups is 1. The molecule has 2 fully saturated rings. The SMILES string of the molecule is CN(C)CCCN1c2ccccc2CCc2ccccc21.CN1[C@@H]2CC[C@H]1CC(OC(=O)[C@H](CO)c1ccccc1)C2. The molecule has 6 heteroatoms. The molecule has 0 aliphatic carbocycles. The van der Waals surface area contributed by atoms with Crippen molar-refractivity contribution in [2.45, 2.75) is 69.1 Å². The van der Waals surface area contributed by atoms with Gasteiger partial charge in [0.05, 0.1) is 6.61 Å². The maximum atomic E-state index is 12.4. The van der Waals surface area contributed by atoms with Gasteiger partial charge in [0.1, 0.15) is 12.0 Å². The molecule has 0 spiro atoms. The minimum atomic E-state index is -0.566. The number of aliphatic hydroxyl groups is 1. The normalized spacial score (nSPS) is 21.9. The van der Waals surface area contributed by atoms with Crippen molar-refractivity contribution in [2.24, 2.45) is 0 Å². The average Bonchev–Trinajstić information content (AvgIpc) is 3.15. The van der Waals surface area contributed by atoms with Gasteiger partial charge in [0, 0.05) is 30.0 Å². The molecule has 3 aromatic carbocycles. The van der Waals surface area contributed by atoms with Gasteiger partial charge in [-0.25, -0.2) is 0 Å². The molecule has 3 aromatic rings. The average molecular weight is 570 g/mol. The second-order valence-corrected chi connectivity index (χ2v) is 12.3. The molecule has 3 aliphatic rings. The number of aliphatic hydroxyl groups excluding tert-OH is 1. The zero-order valence-corrected chi connectivity index (χ0v) is 25.5. The van der Waals surface area contributed by atoms with Gasteiger partial charge in [0.25, 0.3) is 0 Å². The Kier molecular flexibility index (Phi) is 10.3. The van der Waals surface area contributed by atoms with Crippen molar-refractivity contribution in [1.82, 2.24) is 9.80 Å². The molecular formula is C36H47N3O3. The first kappa shape index (κ1) is 30.3. The smallest absolute Gasteiger partial charge is 0.316 e. The molecule has 6 rings (SSSR count). The molecule has 1 unspecified atom stereocenters. The Balaban J connectivity index is 0.000000168. The van der Waals surface area contributed by atoms with Crippen LogP contribution in [0.25, 0.3) is 0 Å². The molecule has 2 saturated heterocycles. The van der Waals surface area contributed by atoms with Gasteiger partial charge in [-0.2, -0.15) is 0 Å². The first-order valence-corrected chi connectivity index (χ1v) is 15.6. The van der Waals surface area contributed by atoms with Crippen molar-refractivity contribution in [3.63, 3.8) is 0 Å². The number of hydrogen-bond acceptors (Lipinski definition) is 6. The highest BCUT2D eigenvalue weighted by molar-refractivity contribution is 5.78. The molecule has 3 heterocycles. The highest BCUT2D eigenvalue weighted by Gasteiger charge is 2.40. The molecule has 0 radical (unpaired) electrons. The lowest BCUT2D eigenvalue weighted by Crippen LogP contribution is -2.43. The topological polar surface area (TPSA) is 56.2 Å². The number of para-hydroxylation sites is 2. The fraction of sp³-hybridized carbons (Fsp3) is 0.472. The maximum absolute atomic E-state index is 12.4. The Bertz CT molecular complexity index is 1240. The van der Waals surface area contributed by atoms with Crippen molar-refractivity contribution >= 4 is 17.3 Å². The molecule has 0 amide bonds. The number of fused-ring (bicyclic) bond motifs is 4. The summed E-state index contributed by atoms with van der Waals surface area (Å²) < 4.78 is 5.70. The summed E-state index contributed by atoms with van der Waals surface area (Å²) in [5.74, 6) is -0.860. The summed E-state index contributed by atoms with van der Waals surface area (Å²) in [5, 5.41) is 9.53. The molecule has 224 valence electrons. The summed E-state index contributed by atoms with van der Waals surface area (Å²) in [5.41, 5.74) is 6.54. The van der Waals surface area contributed by atoms with Crippen molar-refractivity contribution in [3.05, 3.63) is 95.6 Å². The number of esters is 1. The predicted octanol–water partition coefficient (Wildman–Crippen LogP) is 5.81. The summed E-state index contributed by atoms with van der Waals surface area (Å²) in [6.07, 6.45) is 7.71. The quantitative estimate of drug-likeness (QED) is 0.346. The highest BCUT2D eigenvalue weighted by Crippen LogP contribution is 2.37. The summed E-state index contributed by atoms with van der Waals surface area (Å²) in [6, 6.07) is 28.2. The van der Waals surface area contributed by atoms with E-state index in [0.717, 1.165) is 44.3 Å². The van der Waals surface area contributed by atoms with Crippen LogP contribution in [0.15, 0.2) is 78.9 Å². The van der Waals surface area contributed by atoms with Crippen LogP contribution in [0.5, 0.6) is 0 Å². The summed E-state index contributed by atoms with van der Waals surface area (Å²) in [6.45, 7) is 2.00. The Morgan fingerprint density at radius 3 is 1.98 bits per heavy atom. The van der Waals surface area contributed by atoms with Gasteiger partial charge >= 0.3 is 5.97 Å². The molecule has 4 atom stereocenters. The minimum absolute atomic E-state index is 0.00367. The van der Waals surface area contributed by atoms with Gasteiger partial charge < -0.3 is 24.5 Å². The monoisotopic (exact) mass is 569 g/mol. The van der Waals surface area contributed by atoms with E-state index < -0.39 is 5.92 Å². The van der Waals surface area contributed by atoms with E-state index in [1.54, 1.807) is 0 Å². The van der Waals surface area contributed by atoms with Crippen LogP contribution in [0.4, 0.5) is 11.4 Å². The van der Waals surface area contributed by atoms with Gasteiger partial charge in [0.15, 0.2) is 0 Å². The van der Waals surface area contributed by atoms with E-state index in [2.05, 4.69) is 84.4 Å². The van der Waals surface area contributed by atoms with Crippen LogP contribution >= 0.6 is 0 Å². The third kappa shape index (κ3) is 7.23. The van der Waals surface area contributed by atoms with Crippen LogP contribution < -0.4 is 4.90 Å². The molecule has 0 aromatic heterocycles. The first-order chi connectivity index (χ1) is 20.4. The number of aryl methyl sites for hydroxylation is 2. The van der Waals surface area contributed by atoms with Crippen molar-refractivity contribution < 1.29 is 14.6 Å². The van der Waals surface area contributed by atoms with Gasteiger partial charge in [-0.3, -0.25) is 4.79 Å². The number of benzene rings is 3.